The number of carbonyl (C=O) groups is 1. The highest BCUT2D eigenvalue weighted by Crippen LogP contribution is 2.37. The molecule has 0 aliphatic heterocycles. The van der Waals surface area contributed by atoms with Crippen molar-refractivity contribution in [3.8, 4) is 5.75 Å². The number of fused-ring (bicyclic) bond motifs is 1. The Hall–Kier alpha value is -3.61. The largest absolute Gasteiger partial charge is 0.496 e. The lowest BCUT2D eigenvalue weighted by Gasteiger charge is -2.28. The van der Waals surface area contributed by atoms with E-state index in [2.05, 4.69) is 5.32 Å². The van der Waals surface area contributed by atoms with E-state index in [-0.39, 0.29) is 6.42 Å². The molecule has 0 aromatic heterocycles. The zero-order chi connectivity index (χ0) is 23.4. The van der Waals surface area contributed by atoms with Gasteiger partial charge in [0, 0.05) is 22.7 Å². The standard InChI is InChI=1S/C26H23F3N2O2/c1-33-23-15-14-22(20-13-12-19(16-21(20)23)30-25(32)26(27,28)29)31-24(17-8-4-2-5-9-17)18-10-6-3-7-11-18/h2-11,14-15,19H,12-13,16H2,1H3,(H,30,32)/t19-/m0/s1. The minimum absolute atomic E-state index is 0.246. The average Bonchev–Trinajstić information content (AvgIpc) is 2.83. The number of amides is 1. The van der Waals surface area contributed by atoms with Crippen molar-refractivity contribution >= 4 is 17.3 Å². The van der Waals surface area contributed by atoms with Gasteiger partial charge in [0.15, 0.2) is 0 Å². The summed E-state index contributed by atoms with van der Waals surface area (Å²) in [5.41, 5.74) is 5.16. The van der Waals surface area contributed by atoms with E-state index in [1.807, 2.05) is 66.7 Å². The molecule has 0 heterocycles. The molecule has 4 rings (SSSR count). The van der Waals surface area contributed by atoms with Gasteiger partial charge in [0.2, 0.25) is 0 Å². The minimum atomic E-state index is -4.91. The zero-order valence-electron chi connectivity index (χ0n) is 18.0. The zero-order valence-corrected chi connectivity index (χ0v) is 18.0. The first kappa shape index (κ1) is 22.6. The highest BCUT2D eigenvalue weighted by molar-refractivity contribution is 6.14. The third-order valence-corrected chi connectivity index (χ3v) is 5.70. The van der Waals surface area contributed by atoms with E-state index in [9.17, 15) is 18.0 Å². The van der Waals surface area contributed by atoms with Crippen LogP contribution in [0.3, 0.4) is 0 Å². The fourth-order valence-corrected chi connectivity index (χ4v) is 4.12. The second-order valence-corrected chi connectivity index (χ2v) is 7.85. The number of nitrogens with zero attached hydrogens (tertiary/aromatic N) is 1. The number of methoxy groups -OCH3 is 1. The molecule has 4 nitrogen and oxygen atoms in total. The van der Waals surface area contributed by atoms with Gasteiger partial charge < -0.3 is 10.1 Å². The van der Waals surface area contributed by atoms with E-state index in [0.717, 1.165) is 33.7 Å². The van der Waals surface area contributed by atoms with Gasteiger partial charge in [-0.05, 0) is 37.0 Å². The van der Waals surface area contributed by atoms with Gasteiger partial charge in [-0.1, -0.05) is 60.7 Å². The number of hydrogen-bond acceptors (Lipinski definition) is 3. The van der Waals surface area contributed by atoms with Crippen LogP contribution in [-0.4, -0.2) is 30.9 Å². The van der Waals surface area contributed by atoms with Crippen molar-refractivity contribution in [2.24, 2.45) is 4.99 Å². The summed E-state index contributed by atoms with van der Waals surface area (Å²) in [4.78, 5) is 16.4. The molecule has 1 aliphatic carbocycles. The molecule has 33 heavy (non-hydrogen) atoms. The Balaban J connectivity index is 1.74. The molecule has 0 fully saturated rings. The summed E-state index contributed by atoms with van der Waals surface area (Å²) < 4.78 is 43.6. The number of hydrogen-bond donors (Lipinski definition) is 1. The molecule has 1 amide bonds. The summed E-state index contributed by atoms with van der Waals surface area (Å²) in [7, 11) is 1.52. The van der Waals surface area contributed by atoms with Crippen LogP contribution in [0, 0.1) is 0 Å². The minimum Gasteiger partial charge on any atom is -0.496 e. The molecular weight excluding hydrogens is 429 g/mol. The van der Waals surface area contributed by atoms with Crippen molar-refractivity contribution in [2.45, 2.75) is 31.5 Å². The van der Waals surface area contributed by atoms with Crippen molar-refractivity contribution in [2.75, 3.05) is 7.11 Å². The summed E-state index contributed by atoms with van der Waals surface area (Å²) in [6.07, 6.45) is -3.80. The number of ether oxygens (including phenoxy) is 1. The normalized spacial score (nSPS) is 15.3. The Bertz CT molecular complexity index is 1120. The fourth-order valence-electron chi connectivity index (χ4n) is 4.12. The highest BCUT2D eigenvalue weighted by atomic mass is 19.4. The van der Waals surface area contributed by atoms with E-state index in [1.165, 1.54) is 7.11 Å². The van der Waals surface area contributed by atoms with Gasteiger partial charge >= 0.3 is 12.1 Å². The van der Waals surface area contributed by atoms with E-state index in [4.69, 9.17) is 9.73 Å². The number of aliphatic imine (C=N–C) groups is 1. The molecular formula is C26H23F3N2O2. The molecule has 0 unspecified atom stereocenters. The number of nitrogens with one attached hydrogen (secondary N) is 1. The Morgan fingerprint density at radius 3 is 2.09 bits per heavy atom. The maximum Gasteiger partial charge on any atom is 0.471 e. The molecule has 3 aromatic carbocycles. The lowest BCUT2D eigenvalue weighted by molar-refractivity contribution is -0.174. The van der Waals surface area contributed by atoms with E-state index in [0.29, 0.717) is 18.6 Å². The predicted molar refractivity (Wildman–Crippen MR) is 121 cm³/mol. The van der Waals surface area contributed by atoms with Gasteiger partial charge in [-0.25, -0.2) is 4.99 Å². The van der Waals surface area contributed by atoms with Gasteiger partial charge in [-0.2, -0.15) is 13.2 Å². The van der Waals surface area contributed by atoms with Crippen LogP contribution in [0.1, 0.15) is 28.7 Å². The van der Waals surface area contributed by atoms with Crippen LogP contribution in [0.5, 0.6) is 5.75 Å². The van der Waals surface area contributed by atoms with Crippen LogP contribution < -0.4 is 10.1 Å². The molecule has 0 radical (unpaired) electrons. The Morgan fingerprint density at radius 2 is 1.55 bits per heavy atom. The second kappa shape index (κ2) is 9.48. The highest BCUT2D eigenvalue weighted by Gasteiger charge is 2.40. The van der Waals surface area contributed by atoms with E-state index >= 15 is 0 Å². The van der Waals surface area contributed by atoms with Crippen LogP contribution in [0.2, 0.25) is 0 Å². The number of benzene rings is 3. The molecule has 3 aromatic rings. The Labute approximate surface area is 190 Å². The Kier molecular flexibility index (Phi) is 6.49. The van der Waals surface area contributed by atoms with Crippen molar-refractivity contribution < 1.29 is 22.7 Å². The lowest BCUT2D eigenvalue weighted by atomic mass is 9.86. The van der Waals surface area contributed by atoms with Crippen molar-refractivity contribution in [1.82, 2.24) is 5.32 Å². The summed E-state index contributed by atoms with van der Waals surface area (Å²) >= 11 is 0. The molecule has 1 N–H and O–H groups in total. The van der Waals surface area contributed by atoms with Gasteiger partial charge in [0.05, 0.1) is 18.5 Å². The number of alkyl halides is 3. The van der Waals surface area contributed by atoms with E-state index < -0.39 is 18.1 Å². The van der Waals surface area contributed by atoms with Crippen molar-refractivity contribution in [3.63, 3.8) is 0 Å². The Morgan fingerprint density at radius 1 is 0.939 bits per heavy atom. The smallest absolute Gasteiger partial charge is 0.471 e. The van der Waals surface area contributed by atoms with Crippen molar-refractivity contribution in [1.29, 1.82) is 0 Å². The van der Waals surface area contributed by atoms with Gasteiger partial charge in [0.25, 0.3) is 0 Å². The first-order valence-electron chi connectivity index (χ1n) is 10.6. The third-order valence-electron chi connectivity index (χ3n) is 5.70. The van der Waals surface area contributed by atoms with Gasteiger partial charge in [-0.15, -0.1) is 0 Å². The molecule has 0 saturated heterocycles. The molecule has 7 heteroatoms. The van der Waals surface area contributed by atoms with Crippen LogP contribution in [0.15, 0.2) is 77.8 Å². The SMILES string of the molecule is COc1ccc(N=C(c2ccccc2)c2ccccc2)c2c1C[C@@H](NC(=O)C(F)(F)F)CC2. The quantitative estimate of drug-likeness (QED) is 0.527. The van der Waals surface area contributed by atoms with Crippen LogP contribution >= 0.6 is 0 Å². The maximum absolute atomic E-state index is 12.7. The molecule has 0 spiro atoms. The summed E-state index contributed by atoms with van der Waals surface area (Å²) in [6, 6.07) is 22.7. The third kappa shape index (κ3) is 5.08. The summed E-state index contributed by atoms with van der Waals surface area (Å²) in [5.74, 6) is -1.34. The molecule has 0 saturated carbocycles. The topological polar surface area (TPSA) is 50.7 Å². The molecule has 1 atom stereocenters. The van der Waals surface area contributed by atoms with Gasteiger partial charge in [0.1, 0.15) is 5.75 Å². The maximum atomic E-state index is 12.7. The molecule has 0 bridgehead atoms. The average molecular weight is 452 g/mol. The molecule has 170 valence electrons. The van der Waals surface area contributed by atoms with Crippen LogP contribution in [-0.2, 0) is 17.6 Å². The first-order valence-corrected chi connectivity index (χ1v) is 10.6. The predicted octanol–water partition coefficient (Wildman–Crippen LogP) is 5.40. The monoisotopic (exact) mass is 452 g/mol. The lowest BCUT2D eigenvalue weighted by Crippen LogP contribution is -2.45. The fraction of sp³-hybridized carbons (Fsp3) is 0.231. The van der Waals surface area contributed by atoms with Crippen molar-refractivity contribution in [3.05, 3.63) is 95.1 Å². The van der Waals surface area contributed by atoms with Gasteiger partial charge in [-0.3, -0.25) is 4.79 Å². The summed E-state index contributed by atoms with van der Waals surface area (Å²) in [5, 5.41) is 2.11. The van der Waals surface area contributed by atoms with Crippen LogP contribution in [0.25, 0.3) is 0 Å². The summed E-state index contributed by atoms with van der Waals surface area (Å²) in [6.45, 7) is 0. The number of carbonyl (C=O) groups excluding carboxylic acids is 1. The molecule has 1 aliphatic rings. The first-order chi connectivity index (χ1) is 15.9. The van der Waals surface area contributed by atoms with E-state index in [1.54, 1.807) is 6.07 Å². The van der Waals surface area contributed by atoms with Crippen LogP contribution in [0.4, 0.5) is 18.9 Å². The second-order valence-electron chi connectivity index (χ2n) is 7.85. The number of halogens is 3. The number of rotatable bonds is 5.